The van der Waals surface area contributed by atoms with Crippen molar-refractivity contribution in [3.63, 3.8) is 0 Å². The highest BCUT2D eigenvalue weighted by Crippen LogP contribution is 2.29. The lowest BCUT2D eigenvalue weighted by molar-refractivity contribution is -0.158. The number of hydrogen-bond acceptors (Lipinski definition) is 4. The Morgan fingerprint density at radius 2 is 1.67 bits per heavy atom. The maximum atomic E-state index is 12.1. The van der Waals surface area contributed by atoms with E-state index < -0.39 is 6.10 Å². The zero-order valence-electron chi connectivity index (χ0n) is 14.1. The molecule has 1 aromatic heterocycles. The molecule has 0 bridgehead atoms. The minimum atomic E-state index is -0.614. The lowest BCUT2D eigenvalue weighted by Gasteiger charge is -2.25. The second-order valence-corrected chi connectivity index (χ2v) is 6.91. The molecular weight excluding hydrogens is 370 g/mol. The van der Waals surface area contributed by atoms with Crippen molar-refractivity contribution in [3.05, 3.63) is 64.4 Å². The molecule has 2 atom stereocenters. The Morgan fingerprint density at radius 1 is 1.08 bits per heavy atom. The average molecular weight is 392 g/mol. The van der Waals surface area contributed by atoms with E-state index in [4.69, 9.17) is 9.47 Å². The van der Waals surface area contributed by atoms with Gasteiger partial charge >= 0.3 is 5.97 Å². The Hall–Kier alpha value is -1.72. The fourth-order valence-corrected chi connectivity index (χ4v) is 2.72. The molecular formula is C19H22BrNO3. The fourth-order valence-electron chi connectivity index (χ4n) is 2.46. The number of aromatic nitrogens is 1. The van der Waals surface area contributed by atoms with Crippen LogP contribution in [0.25, 0.3) is 0 Å². The number of nitrogens with zero attached hydrogens (tertiary/aromatic N) is 1. The zero-order chi connectivity index (χ0) is 17.5. The molecule has 0 aliphatic heterocycles. The van der Waals surface area contributed by atoms with Crippen LogP contribution >= 0.6 is 15.9 Å². The van der Waals surface area contributed by atoms with Crippen LogP contribution in [-0.4, -0.2) is 24.2 Å². The van der Waals surface area contributed by atoms with Crippen LogP contribution in [0.5, 0.6) is 0 Å². The number of halogens is 1. The largest absolute Gasteiger partial charge is 0.467 e. The van der Waals surface area contributed by atoms with Gasteiger partial charge in [-0.25, -0.2) is 4.79 Å². The van der Waals surface area contributed by atoms with Gasteiger partial charge in [0.1, 0.15) is 6.10 Å². The van der Waals surface area contributed by atoms with Crippen molar-refractivity contribution in [2.75, 3.05) is 7.11 Å². The van der Waals surface area contributed by atoms with Crippen LogP contribution in [0.3, 0.4) is 0 Å². The first-order valence-electron chi connectivity index (χ1n) is 7.90. The number of ether oxygens (including phenoxy) is 2. The maximum Gasteiger partial charge on any atom is 0.335 e. The van der Waals surface area contributed by atoms with Gasteiger partial charge in [-0.05, 0) is 47.7 Å². The normalized spacial score (nSPS) is 13.5. The summed E-state index contributed by atoms with van der Waals surface area (Å²) < 4.78 is 12.1. The van der Waals surface area contributed by atoms with E-state index >= 15 is 0 Å². The van der Waals surface area contributed by atoms with Gasteiger partial charge in [-0.1, -0.05) is 41.9 Å². The van der Waals surface area contributed by atoms with Gasteiger partial charge in [0.15, 0.2) is 6.10 Å². The van der Waals surface area contributed by atoms with Crippen molar-refractivity contribution in [3.8, 4) is 0 Å². The number of carbonyl (C=O) groups is 1. The van der Waals surface area contributed by atoms with Crippen LogP contribution in [-0.2, 0) is 14.3 Å². The SMILES string of the molecule is COC(=O)C(CC(C)C)OC(c1ccncc1)c1ccc(Br)cc1. The first kappa shape index (κ1) is 18.6. The molecule has 128 valence electrons. The second-order valence-electron chi connectivity index (χ2n) is 5.99. The van der Waals surface area contributed by atoms with Crippen LogP contribution in [0.2, 0.25) is 0 Å². The molecule has 0 amide bonds. The van der Waals surface area contributed by atoms with Crippen LogP contribution < -0.4 is 0 Å². The standard InChI is InChI=1S/C19H22BrNO3/c1-13(2)12-17(19(22)23-3)24-18(15-8-10-21-11-9-15)14-4-6-16(20)7-5-14/h4-11,13,17-18H,12H2,1-3H3. The molecule has 2 unspecified atom stereocenters. The van der Waals surface area contributed by atoms with E-state index in [2.05, 4.69) is 34.8 Å². The van der Waals surface area contributed by atoms with Gasteiger partial charge < -0.3 is 9.47 Å². The van der Waals surface area contributed by atoms with E-state index in [1.807, 2.05) is 36.4 Å². The Balaban J connectivity index is 2.34. The number of methoxy groups -OCH3 is 1. The van der Waals surface area contributed by atoms with E-state index in [9.17, 15) is 4.79 Å². The van der Waals surface area contributed by atoms with E-state index in [0.717, 1.165) is 15.6 Å². The minimum Gasteiger partial charge on any atom is -0.467 e. The average Bonchev–Trinajstić information content (AvgIpc) is 2.59. The molecule has 5 heteroatoms. The third-order valence-electron chi connectivity index (χ3n) is 3.63. The van der Waals surface area contributed by atoms with Gasteiger partial charge in [0.05, 0.1) is 7.11 Å². The number of hydrogen-bond donors (Lipinski definition) is 0. The summed E-state index contributed by atoms with van der Waals surface area (Å²) in [5.41, 5.74) is 1.92. The van der Waals surface area contributed by atoms with E-state index in [1.54, 1.807) is 12.4 Å². The molecule has 0 spiro atoms. The van der Waals surface area contributed by atoms with Crippen LogP contribution in [0, 0.1) is 5.92 Å². The molecule has 4 nitrogen and oxygen atoms in total. The van der Waals surface area contributed by atoms with Crippen molar-refractivity contribution in [1.29, 1.82) is 0 Å². The summed E-state index contributed by atoms with van der Waals surface area (Å²) in [5, 5.41) is 0. The van der Waals surface area contributed by atoms with Crippen molar-refractivity contribution in [2.24, 2.45) is 5.92 Å². The fraction of sp³-hybridized carbons (Fsp3) is 0.368. The van der Waals surface area contributed by atoms with E-state index in [-0.39, 0.29) is 12.1 Å². The van der Waals surface area contributed by atoms with Gasteiger partial charge in [0.2, 0.25) is 0 Å². The lowest BCUT2D eigenvalue weighted by atomic mass is 10.0. The van der Waals surface area contributed by atoms with Gasteiger partial charge in [0.25, 0.3) is 0 Å². The summed E-state index contributed by atoms with van der Waals surface area (Å²) in [7, 11) is 1.39. The number of carbonyl (C=O) groups excluding carboxylic acids is 1. The van der Waals surface area contributed by atoms with Gasteiger partial charge in [-0.3, -0.25) is 4.98 Å². The molecule has 2 aromatic rings. The van der Waals surface area contributed by atoms with Gasteiger partial charge in [-0.2, -0.15) is 0 Å². The quantitative estimate of drug-likeness (QED) is 0.650. The van der Waals surface area contributed by atoms with Crippen LogP contribution in [0.1, 0.15) is 37.5 Å². The topological polar surface area (TPSA) is 48.4 Å². The first-order chi connectivity index (χ1) is 11.5. The third kappa shape index (κ3) is 5.14. The molecule has 24 heavy (non-hydrogen) atoms. The first-order valence-corrected chi connectivity index (χ1v) is 8.69. The Labute approximate surface area is 151 Å². The summed E-state index contributed by atoms with van der Waals surface area (Å²) >= 11 is 3.44. The molecule has 0 N–H and O–H groups in total. The Kier molecular flexibility index (Phi) is 6.94. The van der Waals surface area contributed by atoms with Crippen molar-refractivity contribution >= 4 is 21.9 Å². The number of benzene rings is 1. The number of rotatable bonds is 7. The number of esters is 1. The second kappa shape index (κ2) is 8.94. The monoisotopic (exact) mass is 391 g/mol. The summed E-state index contributed by atoms with van der Waals surface area (Å²) in [6.45, 7) is 4.11. The Morgan fingerprint density at radius 3 is 2.21 bits per heavy atom. The summed E-state index contributed by atoms with van der Waals surface area (Å²) in [5.74, 6) is -0.0306. The predicted molar refractivity (Wildman–Crippen MR) is 96.6 cm³/mol. The Bertz CT molecular complexity index is 643. The number of pyridine rings is 1. The van der Waals surface area contributed by atoms with Crippen molar-refractivity contribution in [2.45, 2.75) is 32.5 Å². The molecule has 0 aliphatic carbocycles. The van der Waals surface area contributed by atoms with Crippen LogP contribution in [0.15, 0.2) is 53.3 Å². The highest BCUT2D eigenvalue weighted by Gasteiger charge is 2.27. The predicted octanol–water partition coefficient (Wildman–Crippen LogP) is 4.54. The zero-order valence-corrected chi connectivity index (χ0v) is 15.7. The van der Waals surface area contributed by atoms with E-state index in [0.29, 0.717) is 12.3 Å². The summed E-state index contributed by atoms with van der Waals surface area (Å²) in [6.07, 6.45) is 3.08. The molecule has 0 fully saturated rings. The highest BCUT2D eigenvalue weighted by molar-refractivity contribution is 9.10. The molecule has 0 radical (unpaired) electrons. The molecule has 1 aromatic carbocycles. The summed E-state index contributed by atoms with van der Waals surface area (Å²) in [4.78, 5) is 16.2. The summed E-state index contributed by atoms with van der Waals surface area (Å²) in [6, 6.07) is 11.7. The van der Waals surface area contributed by atoms with Crippen LogP contribution in [0.4, 0.5) is 0 Å². The lowest BCUT2D eigenvalue weighted by Crippen LogP contribution is -2.29. The van der Waals surface area contributed by atoms with Gasteiger partial charge in [-0.15, -0.1) is 0 Å². The molecule has 0 saturated carbocycles. The van der Waals surface area contributed by atoms with E-state index in [1.165, 1.54) is 7.11 Å². The molecule has 2 rings (SSSR count). The minimum absolute atomic E-state index is 0.317. The highest BCUT2D eigenvalue weighted by atomic mass is 79.9. The molecule has 1 heterocycles. The maximum absolute atomic E-state index is 12.1. The molecule has 0 aliphatic rings. The van der Waals surface area contributed by atoms with Gasteiger partial charge in [0, 0.05) is 16.9 Å². The smallest absolute Gasteiger partial charge is 0.335 e. The van der Waals surface area contributed by atoms with Crippen molar-refractivity contribution < 1.29 is 14.3 Å². The van der Waals surface area contributed by atoms with Crippen molar-refractivity contribution in [1.82, 2.24) is 4.98 Å². The molecule has 0 saturated heterocycles. The third-order valence-corrected chi connectivity index (χ3v) is 4.16.